The Labute approximate surface area is 118 Å². The van der Waals surface area contributed by atoms with Crippen molar-refractivity contribution in [1.29, 1.82) is 0 Å². The van der Waals surface area contributed by atoms with Crippen LogP contribution in [0.1, 0.15) is 66.2 Å². The van der Waals surface area contributed by atoms with Crippen LogP contribution in [-0.4, -0.2) is 24.5 Å². The quantitative estimate of drug-likeness (QED) is 0.697. The van der Waals surface area contributed by atoms with E-state index < -0.39 is 0 Å². The molecule has 1 saturated carbocycles. The molecule has 0 aromatic rings. The maximum Gasteiger partial charge on any atom is 0.236 e. The van der Waals surface area contributed by atoms with Crippen LogP contribution in [0.5, 0.6) is 0 Å². The summed E-state index contributed by atoms with van der Waals surface area (Å²) in [4.78, 5) is 12.0. The molecule has 1 amide bonds. The zero-order valence-corrected chi connectivity index (χ0v) is 13.2. The van der Waals surface area contributed by atoms with Gasteiger partial charge >= 0.3 is 0 Å². The largest absolute Gasteiger partial charge is 0.355 e. The molecule has 4 unspecified atom stereocenters. The third-order valence-electron chi connectivity index (χ3n) is 4.37. The third-order valence-corrected chi connectivity index (χ3v) is 4.37. The number of nitrogens with one attached hydrogen (secondary N) is 2. The van der Waals surface area contributed by atoms with Gasteiger partial charge in [-0.3, -0.25) is 4.79 Å². The number of carbonyl (C=O) groups is 1. The van der Waals surface area contributed by atoms with Crippen molar-refractivity contribution in [1.82, 2.24) is 10.6 Å². The molecule has 4 atom stereocenters. The van der Waals surface area contributed by atoms with E-state index in [9.17, 15) is 4.79 Å². The summed E-state index contributed by atoms with van der Waals surface area (Å²) < 4.78 is 0. The standard InChI is InChI=1S/C16H32N2O/c1-5-6-7-10-17-16(19)14(4)18-15-9-8-12(2)11-13(15)3/h12-15,18H,5-11H2,1-4H3,(H,17,19). The predicted molar refractivity (Wildman–Crippen MR) is 81.1 cm³/mol. The van der Waals surface area contributed by atoms with Crippen molar-refractivity contribution in [3.05, 3.63) is 0 Å². The molecule has 3 nitrogen and oxygen atoms in total. The second-order valence-electron chi connectivity index (χ2n) is 6.39. The van der Waals surface area contributed by atoms with Gasteiger partial charge in [-0.2, -0.15) is 0 Å². The van der Waals surface area contributed by atoms with Crippen molar-refractivity contribution < 1.29 is 4.79 Å². The van der Waals surface area contributed by atoms with E-state index in [1.165, 1.54) is 32.1 Å². The normalized spacial score (nSPS) is 28.9. The first-order valence-corrected chi connectivity index (χ1v) is 8.08. The molecule has 0 aromatic carbocycles. The van der Waals surface area contributed by atoms with Crippen molar-refractivity contribution in [2.45, 2.75) is 78.3 Å². The molecule has 1 fully saturated rings. The molecular formula is C16H32N2O. The van der Waals surface area contributed by atoms with Crippen LogP contribution < -0.4 is 10.6 Å². The van der Waals surface area contributed by atoms with Crippen molar-refractivity contribution in [2.75, 3.05) is 6.54 Å². The minimum atomic E-state index is -0.0671. The summed E-state index contributed by atoms with van der Waals surface area (Å²) in [5, 5.41) is 6.55. The predicted octanol–water partition coefficient (Wildman–Crippen LogP) is 3.10. The number of hydrogen-bond acceptors (Lipinski definition) is 2. The van der Waals surface area contributed by atoms with Gasteiger partial charge in [0.15, 0.2) is 0 Å². The number of rotatable bonds is 7. The van der Waals surface area contributed by atoms with E-state index in [0.29, 0.717) is 12.0 Å². The van der Waals surface area contributed by atoms with Gasteiger partial charge in [0.25, 0.3) is 0 Å². The smallest absolute Gasteiger partial charge is 0.236 e. The van der Waals surface area contributed by atoms with Crippen molar-refractivity contribution in [3.8, 4) is 0 Å². The molecular weight excluding hydrogens is 236 g/mol. The first-order valence-electron chi connectivity index (χ1n) is 8.08. The fraction of sp³-hybridized carbons (Fsp3) is 0.938. The fourth-order valence-electron chi connectivity index (χ4n) is 3.05. The van der Waals surface area contributed by atoms with Gasteiger partial charge in [-0.05, 0) is 44.4 Å². The molecule has 3 heteroatoms. The van der Waals surface area contributed by atoms with E-state index in [1.54, 1.807) is 0 Å². The Morgan fingerprint density at radius 2 is 2.00 bits per heavy atom. The highest BCUT2D eigenvalue weighted by atomic mass is 16.2. The fourth-order valence-corrected chi connectivity index (χ4v) is 3.05. The van der Waals surface area contributed by atoms with Gasteiger partial charge in [0.05, 0.1) is 6.04 Å². The molecule has 2 N–H and O–H groups in total. The zero-order valence-electron chi connectivity index (χ0n) is 13.2. The lowest BCUT2D eigenvalue weighted by Gasteiger charge is -2.34. The number of unbranched alkanes of at least 4 members (excludes halogenated alkanes) is 2. The Balaban J connectivity index is 2.25. The van der Waals surface area contributed by atoms with Crippen molar-refractivity contribution in [3.63, 3.8) is 0 Å². The van der Waals surface area contributed by atoms with Gasteiger partial charge < -0.3 is 10.6 Å². The van der Waals surface area contributed by atoms with E-state index in [0.717, 1.165) is 18.9 Å². The van der Waals surface area contributed by atoms with E-state index in [2.05, 4.69) is 31.4 Å². The molecule has 0 radical (unpaired) electrons. The highest BCUT2D eigenvalue weighted by molar-refractivity contribution is 5.81. The topological polar surface area (TPSA) is 41.1 Å². The van der Waals surface area contributed by atoms with Gasteiger partial charge in [0.2, 0.25) is 5.91 Å². The Hall–Kier alpha value is -0.570. The molecule has 1 aliphatic rings. The Morgan fingerprint density at radius 1 is 1.26 bits per heavy atom. The molecule has 0 spiro atoms. The first kappa shape index (κ1) is 16.5. The summed E-state index contributed by atoms with van der Waals surface area (Å²) in [7, 11) is 0. The Morgan fingerprint density at radius 3 is 2.63 bits per heavy atom. The summed E-state index contributed by atoms with van der Waals surface area (Å²) in [6.45, 7) is 9.61. The van der Waals surface area contributed by atoms with Crippen molar-refractivity contribution >= 4 is 5.91 Å². The maximum absolute atomic E-state index is 12.0. The van der Waals surface area contributed by atoms with Crippen LogP contribution >= 0.6 is 0 Å². The summed E-state index contributed by atoms with van der Waals surface area (Å²) in [6.07, 6.45) is 7.25. The zero-order chi connectivity index (χ0) is 14.3. The average Bonchev–Trinajstić information content (AvgIpc) is 2.37. The summed E-state index contributed by atoms with van der Waals surface area (Å²) in [6, 6.07) is 0.440. The summed E-state index contributed by atoms with van der Waals surface area (Å²) in [5.74, 6) is 1.67. The number of carbonyl (C=O) groups excluding carboxylic acids is 1. The van der Waals surface area contributed by atoms with Crippen LogP contribution in [0.2, 0.25) is 0 Å². The van der Waals surface area contributed by atoms with E-state index in [-0.39, 0.29) is 11.9 Å². The molecule has 0 aliphatic heterocycles. The van der Waals surface area contributed by atoms with E-state index in [1.807, 2.05) is 6.92 Å². The van der Waals surface area contributed by atoms with Crippen LogP contribution in [0.4, 0.5) is 0 Å². The van der Waals surface area contributed by atoms with Crippen molar-refractivity contribution in [2.24, 2.45) is 11.8 Å². The van der Waals surface area contributed by atoms with Gasteiger partial charge in [0, 0.05) is 12.6 Å². The first-order chi connectivity index (χ1) is 9.04. The molecule has 0 bridgehead atoms. The Kier molecular flexibility index (Phi) is 7.44. The second kappa shape index (κ2) is 8.57. The number of hydrogen-bond donors (Lipinski definition) is 2. The molecule has 19 heavy (non-hydrogen) atoms. The lowest BCUT2D eigenvalue weighted by molar-refractivity contribution is -0.123. The molecule has 0 aromatic heterocycles. The maximum atomic E-state index is 12.0. The number of amides is 1. The van der Waals surface area contributed by atoms with Crippen LogP contribution in [0.15, 0.2) is 0 Å². The second-order valence-corrected chi connectivity index (χ2v) is 6.39. The van der Waals surface area contributed by atoms with Gasteiger partial charge in [-0.15, -0.1) is 0 Å². The minimum Gasteiger partial charge on any atom is -0.355 e. The molecule has 1 rings (SSSR count). The third kappa shape index (κ3) is 5.94. The molecule has 112 valence electrons. The lowest BCUT2D eigenvalue weighted by atomic mass is 9.79. The van der Waals surface area contributed by atoms with Gasteiger partial charge in [0.1, 0.15) is 0 Å². The van der Waals surface area contributed by atoms with E-state index in [4.69, 9.17) is 0 Å². The van der Waals surface area contributed by atoms with Crippen LogP contribution in [-0.2, 0) is 4.79 Å². The van der Waals surface area contributed by atoms with Gasteiger partial charge in [-0.25, -0.2) is 0 Å². The van der Waals surface area contributed by atoms with Crippen LogP contribution in [0, 0.1) is 11.8 Å². The Bertz CT molecular complexity index is 267. The van der Waals surface area contributed by atoms with E-state index >= 15 is 0 Å². The highest BCUT2D eigenvalue weighted by Gasteiger charge is 2.27. The molecule has 0 heterocycles. The minimum absolute atomic E-state index is 0.0671. The lowest BCUT2D eigenvalue weighted by Crippen LogP contribution is -2.50. The van der Waals surface area contributed by atoms with Crippen LogP contribution in [0.25, 0.3) is 0 Å². The average molecular weight is 268 g/mol. The molecule has 1 aliphatic carbocycles. The highest BCUT2D eigenvalue weighted by Crippen LogP contribution is 2.28. The molecule has 0 saturated heterocycles. The van der Waals surface area contributed by atoms with Gasteiger partial charge in [-0.1, -0.05) is 33.6 Å². The summed E-state index contributed by atoms with van der Waals surface area (Å²) >= 11 is 0. The monoisotopic (exact) mass is 268 g/mol. The summed E-state index contributed by atoms with van der Waals surface area (Å²) in [5.41, 5.74) is 0. The SMILES string of the molecule is CCCCCNC(=O)C(C)NC1CCC(C)CC1C. The van der Waals surface area contributed by atoms with Crippen LogP contribution in [0.3, 0.4) is 0 Å².